The zero-order valence-electron chi connectivity index (χ0n) is 11.0. The maximum absolute atomic E-state index is 4.73. The monoisotopic (exact) mass is 313 g/mol. The van der Waals surface area contributed by atoms with Gasteiger partial charge in [-0.25, -0.2) is 0 Å². The van der Waals surface area contributed by atoms with Crippen LogP contribution in [0.25, 0.3) is 0 Å². The summed E-state index contributed by atoms with van der Waals surface area (Å²) in [6.45, 7) is 0. The molecule has 0 aliphatic carbocycles. The van der Waals surface area contributed by atoms with Crippen molar-refractivity contribution in [3.63, 3.8) is 0 Å². The van der Waals surface area contributed by atoms with E-state index in [-0.39, 0.29) is 0 Å². The lowest BCUT2D eigenvalue weighted by atomic mass is 10.2. The van der Waals surface area contributed by atoms with E-state index in [9.17, 15) is 0 Å². The highest BCUT2D eigenvalue weighted by Gasteiger charge is 2.20. The molecule has 0 aromatic carbocycles. The first kappa shape index (κ1) is 12.7. The number of thiophene rings is 1. The van der Waals surface area contributed by atoms with Crippen LogP contribution in [0.1, 0.15) is 16.3 Å². The van der Waals surface area contributed by atoms with Crippen molar-refractivity contribution in [3.8, 4) is 0 Å². The molecule has 3 aromatic heterocycles. The minimum atomic E-state index is 0.706. The summed E-state index contributed by atoms with van der Waals surface area (Å²) in [5.74, 6) is 1.70. The van der Waals surface area contributed by atoms with Crippen LogP contribution in [0, 0.1) is 0 Å². The minimum absolute atomic E-state index is 0.706. The van der Waals surface area contributed by atoms with Crippen molar-refractivity contribution in [3.05, 3.63) is 58.3 Å². The number of nitrogens with zero attached hydrogens (tertiary/aromatic N) is 5. The average molecular weight is 313 g/mol. The molecule has 0 fully saturated rings. The molecule has 21 heavy (non-hydrogen) atoms. The summed E-state index contributed by atoms with van der Waals surface area (Å²) in [6, 6.07) is 8.12. The van der Waals surface area contributed by atoms with Gasteiger partial charge < -0.3 is 0 Å². The predicted octanol–water partition coefficient (Wildman–Crippen LogP) is 2.68. The molecule has 0 bridgehead atoms. The van der Waals surface area contributed by atoms with Crippen LogP contribution >= 0.6 is 23.1 Å². The van der Waals surface area contributed by atoms with Crippen LogP contribution in [0.3, 0.4) is 0 Å². The van der Waals surface area contributed by atoms with Crippen molar-refractivity contribution in [2.45, 2.75) is 11.6 Å². The fourth-order valence-corrected chi connectivity index (χ4v) is 3.77. The Labute approximate surface area is 129 Å². The van der Waals surface area contributed by atoms with Gasteiger partial charge in [-0.2, -0.15) is 9.78 Å². The molecule has 0 saturated heterocycles. The Balaban J connectivity index is 1.69. The van der Waals surface area contributed by atoms with E-state index in [2.05, 4.69) is 26.6 Å². The Hall–Kier alpha value is -1.99. The van der Waals surface area contributed by atoms with E-state index in [1.165, 1.54) is 4.88 Å². The molecule has 1 aliphatic rings. The normalized spacial score (nSPS) is 13.8. The summed E-state index contributed by atoms with van der Waals surface area (Å²) >= 11 is 3.39. The van der Waals surface area contributed by atoms with Crippen LogP contribution in [0.2, 0.25) is 0 Å². The SMILES string of the molecule is c1csc(C2=Nn3c(Cc4ccncc4)nnc3SC2)c1. The van der Waals surface area contributed by atoms with E-state index in [1.807, 2.05) is 22.9 Å². The molecular formula is C14H11N5S2. The van der Waals surface area contributed by atoms with E-state index in [0.717, 1.165) is 28.0 Å². The van der Waals surface area contributed by atoms with Crippen LogP contribution in [0.5, 0.6) is 0 Å². The lowest BCUT2D eigenvalue weighted by Gasteiger charge is -2.12. The van der Waals surface area contributed by atoms with Gasteiger partial charge in [0.05, 0.1) is 10.6 Å². The smallest absolute Gasteiger partial charge is 0.212 e. The molecular weight excluding hydrogens is 302 g/mol. The van der Waals surface area contributed by atoms with Gasteiger partial charge in [0.15, 0.2) is 5.82 Å². The highest BCUT2D eigenvalue weighted by molar-refractivity contribution is 7.99. The standard InChI is InChI=1S/C14H11N5S2/c1-2-12(20-7-1)11-9-21-14-17-16-13(19(14)18-11)8-10-3-5-15-6-4-10/h1-7H,8-9H2. The number of hydrogen-bond acceptors (Lipinski definition) is 6. The molecule has 0 radical (unpaired) electrons. The first-order chi connectivity index (χ1) is 10.4. The largest absolute Gasteiger partial charge is 0.265 e. The van der Waals surface area contributed by atoms with Gasteiger partial charge >= 0.3 is 0 Å². The van der Waals surface area contributed by atoms with Gasteiger partial charge in [-0.05, 0) is 29.1 Å². The summed E-state index contributed by atoms with van der Waals surface area (Å²) < 4.78 is 1.86. The van der Waals surface area contributed by atoms with E-state index >= 15 is 0 Å². The van der Waals surface area contributed by atoms with Crippen molar-refractivity contribution in [1.82, 2.24) is 19.9 Å². The molecule has 3 aromatic rings. The highest BCUT2D eigenvalue weighted by Crippen LogP contribution is 2.26. The highest BCUT2D eigenvalue weighted by atomic mass is 32.2. The minimum Gasteiger partial charge on any atom is -0.265 e. The van der Waals surface area contributed by atoms with Crippen LogP contribution in [0.15, 0.2) is 52.3 Å². The second-order valence-electron chi connectivity index (χ2n) is 4.56. The zero-order chi connectivity index (χ0) is 14.1. The molecule has 0 N–H and O–H groups in total. The van der Waals surface area contributed by atoms with Crippen molar-refractivity contribution in [2.75, 3.05) is 5.75 Å². The van der Waals surface area contributed by atoms with Gasteiger partial charge in [-0.15, -0.1) is 21.5 Å². The second-order valence-corrected chi connectivity index (χ2v) is 6.45. The Bertz CT molecular complexity index is 777. The lowest BCUT2D eigenvalue weighted by molar-refractivity contribution is 0.720. The van der Waals surface area contributed by atoms with E-state index in [0.29, 0.717) is 6.42 Å². The Morgan fingerprint density at radius 2 is 2.05 bits per heavy atom. The average Bonchev–Trinajstić information content (AvgIpc) is 3.18. The van der Waals surface area contributed by atoms with Gasteiger partial charge in [-0.3, -0.25) is 4.98 Å². The van der Waals surface area contributed by atoms with Crippen molar-refractivity contribution >= 4 is 28.8 Å². The molecule has 4 rings (SSSR count). The van der Waals surface area contributed by atoms with Gasteiger partial charge in [0.2, 0.25) is 5.16 Å². The fourth-order valence-electron chi connectivity index (χ4n) is 2.13. The number of pyridine rings is 1. The molecule has 7 heteroatoms. The summed E-state index contributed by atoms with van der Waals surface area (Å²) in [6.07, 6.45) is 4.28. The second kappa shape index (κ2) is 5.42. The third kappa shape index (κ3) is 2.50. The van der Waals surface area contributed by atoms with Crippen LogP contribution in [-0.4, -0.2) is 31.3 Å². The van der Waals surface area contributed by atoms with E-state index in [1.54, 1.807) is 35.5 Å². The predicted molar refractivity (Wildman–Crippen MR) is 84.0 cm³/mol. The molecule has 0 amide bonds. The Kier molecular flexibility index (Phi) is 3.28. The number of aromatic nitrogens is 4. The van der Waals surface area contributed by atoms with Gasteiger partial charge in [0.25, 0.3) is 0 Å². The van der Waals surface area contributed by atoms with Crippen LogP contribution < -0.4 is 0 Å². The zero-order valence-corrected chi connectivity index (χ0v) is 12.6. The van der Waals surface area contributed by atoms with Crippen LogP contribution in [0.4, 0.5) is 0 Å². The van der Waals surface area contributed by atoms with Crippen molar-refractivity contribution < 1.29 is 0 Å². The molecule has 1 aliphatic heterocycles. The van der Waals surface area contributed by atoms with Gasteiger partial charge in [-0.1, -0.05) is 17.8 Å². The third-order valence-electron chi connectivity index (χ3n) is 3.15. The molecule has 5 nitrogen and oxygen atoms in total. The summed E-state index contributed by atoms with van der Waals surface area (Å²) in [4.78, 5) is 5.24. The molecule has 4 heterocycles. The number of fused-ring (bicyclic) bond motifs is 1. The van der Waals surface area contributed by atoms with E-state index < -0.39 is 0 Å². The van der Waals surface area contributed by atoms with Crippen molar-refractivity contribution in [2.24, 2.45) is 5.10 Å². The maximum atomic E-state index is 4.73. The molecule has 0 unspecified atom stereocenters. The number of hydrogen-bond donors (Lipinski definition) is 0. The molecule has 0 spiro atoms. The molecule has 0 saturated carbocycles. The Morgan fingerprint density at radius 3 is 2.86 bits per heavy atom. The van der Waals surface area contributed by atoms with Gasteiger partial charge in [0.1, 0.15) is 0 Å². The quantitative estimate of drug-likeness (QED) is 0.746. The third-order valence-corrected chi connectivity index (χ3v) is 5.00. The topological polar surface area (TPSA) is 56.0 Å². The number of thioether (sulfide) groups is 1. The first-order valence-electron chi connectivity index (χ1n) is 6.48. The van der Waals surface area contributed by atoms with Gasteiger partial charge in [0, 0.05) is 24.6 Å². The van der Waals surface area contributed by atoms with E-state index in [4.69, 9.17) is 5.10 Å². The molecule has 104 valence electrons. The van der Waals surface area contributed by atoms with Crippen molar-refractivity contribution in [1.29, 1.82) is 0 Å². The summed E-state index contributed by atoms with van der Waals surface area (Å²) in [5, 5.41) is 16.2. The fraction of sp³-hybridized carbons (Fsp3) is 0.143. The first-order valence-corrected chi connectivity index (χ1v) is 8.34. The summed E-state index contributed by atoms with van der Waals surface area (Å²) in [7, 11) is 0. The van der Waals surface area contributed by atoms with Crippen LogP contribution in [-0.2, 0) is 6.42 Å². The lowest BCUT2D eigenvalue weighted by Crippen LogP contribution is -2.13. The Morgan fingerprint density at radius 1 is 1.14 bits per heavy atom. The maximum Gasteiger partial charge on any atom is 0.212 e. The number of rotatable bonds is 3. The summed E-state index contributed by atoms with van der Waals surface area (Å²) in [5.41, 5.74) is 2.24. The molecule has 0 atom stereocenters.